The van der Waals surface area contributed by atoms with Gasteiger partial charge in [0.05, 0.1) is 17.9 Å². The summed E-state index contributed by atoms with van der Waals surface area (Å²) in [6.07, 6.45) is 16.2. The van der Waals surface area contributed by atoms with Crippen LogP contribution in [-0.4, -0.2) is 50.8 Å². The Morgan fingerprint density at radius 1 is 1.30 bits per heavy atom. The summed E-state index contributed by atoms with van der Waals surface area (Å²) in [6, 6.07) is 0. The van der Waals surface area contributed by atoms with Crippen molar-refractivity contribution in [3.63, 3.8) is 0 Å². The minimum Gasteiger partial charge on any atom is -0.396 e. The SMILES string of the molecule is C=NC(=C\C(CCC(F)CCCNC)=N/C/C(C)=C(/C=C\C1CCCCC1=C)CCC)/C(N)=C/N(C)N. The number of alkyl halides is 1. The molecular formula is C30H51FN6. The maximum absolute atomic E-state index is 14.5. The lowest BCUT2D eigenvalue weighted by Crippen LogP contribution is -2.21. The summed E-state index contributed by atoms with van der Waals surface area (Å²) in [5.74, 6) is 6.18. The quantitative estimate of drug-likeness (QED) is 0.0542. The van der Waals surface area contributed by atoms with Gasteiger partial charge in [-0.25, -0.2) is 10.2 Å². The number of nitrogens with zero attached hydrogens (tertiary/aromatic N) is 3. The Balaban J connectivity index is 3.16. The second-order valence-corrected chi connectivity index (χ2v) is 10.1. The van der Waals surface area contributed by atoms with Gasteiger partial charge in [-0.3, -0.25) is 9.98 Å². The summed E-state index contributed by atoms with van der Waals surface area (Å²) in [6.45, 7) is 13.6. The molecule has 1 rings (SSSR count). The Morgan fingerprint density at radius 3 is 2.68 bits per heavy atom. The van der Waals surface area contributed by atoms with Crippen LogP contribution in [0.2, 0.25) is 0 Å². The number of hydrogen-bond donors (Lipinski definition) is 3. The minimum absolute atomic E-state index is 0.382. The molecule has 6 nitrogen and oxygen atoms in total. The average Bonchev–Trinajstić information content (AvgIpc) is 2.86. The summed E-state index contributed by atoms with van der Waals surface area (Å²) in [5, 5.41) is 4.43. The van der Waals surface area contributed by atoms with Crippen LogP contribution in [0, 0.1) is 5.92 Å². The molecule has 0 amide bonds. The van der Waals surface area contributed by atoms with Crippen molar-refractivity contribution in [3.8, 4) is 0 Å². The highest BCUT2D eigenvalue weighted by molar-refractivity contribution is 5.96. The minimum atomic E-state index is -0.881. The van der Waals surface area contributed by atoms with Crippen molar-refractivity contribution in [2.75, 3.05) is 27.2 Å². The van der Waals surface area contributed by atoms with Crippen LogP contribution < -0.4 is 16.9 Å². The van der Waals surface area contributed by atoms with E-state index in [9.17, 15) is 4.39 Å². The van der Waals surface area contributed by atoms with Gasteiger partial charge in [0.15, 0.2) is 0 Å². The Morgan fingerprint density at radius 2 is 2.05 bits per heavy atom. The molecule has 0 aliphatic heterocycles. The van der Waals surface area contributed by atoms with Crippen molar-refractivity contribution in [2.24, 2.45) is 27.5 Å². The second-order valence-electron chi connectivity index (χ2n) is 10.1. The first-order chi connectivity index (χ1) is 17.7. The highest BCUT2D eigenvalue weighted by atomic mass is 19.1. The molecule has 1 aliphatic rings. The maximum atomic E-state index is 14.5. The van der Waals surface area contributed by atoms with E-state index in [2.05, 4.69) is 49.6 Å². The van der Waals surface area contributed by atoms with Crippen molar-refractivity contribution in [1.82, 2.24) is 10.3 Å². The first-order valence-electron chi connectivity index (χ1n) is 13.7. The zero-order chi connectivity index (χ0) is 27.6. The Labute approximate surface area is 225 Å². The van der Waals surface area contributed by atoms with Gasteiger partial charge in [0.1, 0.15) is 6.17 Å². The molecule has 1 saturated carbocycles. The highest BCUT2D eigenvalue weighted by Crippen LogP contribution is 2.29. The molecule has 1 fully saturated rings. The van der Waals surface area contributed by atoms with E-state index in [1.807, 2.05) is 7.05 Å². The smallest absolute Gasteiger partial charge is 0.101 e. The molecular weight excluding hydrogens is 463 g/mol. The van der Waals surface area contributed by atoms with Crippen molar-refractivity contribution in [1.29, 1.82) is 0 Å². The predicted molar refractivity (Wildman–Crippen MR) is 159 cm³/mol. The average molecular weight is 515 g/mol. The van der Waals surface area contributed by atoms with Crippen molar-refractivity contribution in [3.05, 3.63) is 59.1 Å². The molecule has 1 aliphatic carbocycles. The first-order valence-corrected chi connectivity index (χ1v) is 13.7. The summed E-state index contributed by atoms with van der Waals surface area (Å²) in [5.41, 5.74) is 11.7. The van der Waals surface area contributed by atoms with E-state index in [0.717, 1.165) is 37.9 Å². The van der Waals surface area contributed by atoms with Crippen LogP contribution in [0.1, 0.15) is 78.1 Å². The van der Waals surface area contributed by atoms with Crippen LogP contribution in [0.5, 0.6) is 0 Å². The molecule has 2 unspecified atom stereocenters. The normalized spacial score (nSPS) is 19.2. The van der Waals surface area contributed by atoms with E-state index >= 15 is 0 Å². The van der Waals surface area contributed by atoms with E-state index in [-0.39, 0.29) is 0 Å². The lowest BCUT2D eigenvalue weighted by molar-refractivity contribution is 0.294. The number of hydrazine groups is 1. The predicted octanol–water partition coefficient (Wildman–Crippen LogP) is 6.15. The van der Waals surface area contributed by atoms with Gasteiger partial charge < -0.3 is 16.1 Å². The number of allylic oxidation sites excluding steroid dienone is 5. The number of rotatable bonds is 17. The third-order valence-electron chi connectivity index (χ3n) is 6.67. The van der Waals surface area contributed by atoms with Crippen molar-refractivity contribution >= 4 is 12.4 Å². The van der Waals surface area contributed by atoms with Gasteiger partial charge in [0.25, 0.3) is 0 Å². The van der Waals surface area contributed by atoms with Gasteiger partial charge in [-0.15, -0.1) is 0 Å². The molecule has 0 aromatic carbocycles. The Bertz CT molecular complexity index is 865. The van der Waals surface area contributed by atoms with Gasteiger partial charge in [0, 0.05) is 19.0 Å². The molecule has 0 radical (unpaired) electrons. The first kappa shape index (κ1) is 32.5. The number of halogens is 1. The van der Waals surface area contributed by atoms with Gasteiger partial charge in [-0.1, -0.05) is 44.1 Å². The fraction of sp³-hybridized carbons (Fsp3) is 0.600. The second kappa shape index (κ2) is 18.7. The molecule has 0 aromatic heterocycles. The van der Waals surface area contributed by atoms with Gasteiger partial charge >= 0.3 is 0 Å². The molecule has 37 heavy (non-hydrogen) atoms. The molecule has 0 saturated heterocycles. The van der Waals surface area contributed by atoms with Crippen LogP contribution >= 0.6 is 0 Å². The molecule has 208 valence electrons. The highest BCUT2D eigenvalue weighted by Gasteiger charge is 2.14. The lowest BCUT2D eigenvalue weighted by atomic mass is 9.84. The van der Waals surface area contributed by atoms with E-state index in [4.69, 9.17) is 16.6 Å². The van der Waals surface area contributed by atoms with Crippen LogP contribution in [0.15, 0.2) is 69.1 Å². The fourth-order valence-corrected chi connectivity index (χ4v) is 4.41. The van der Waals surface area contributed by atoms with E-state index in [1.165, 1.54) is 41.0 Å². The van der Waals surface area contributed by atoms with Crippen LogP contribution in [0.25, 0.3) is 0 Å². The third-order valence-corrected chi connectivity index (χ3v) is 6.67. The monoisotopic (exact) mass is 514 g/mol. The van der Waals surface area contributed by atoms with Crippen LogP contribution in [-0.2, 0) is 0 Å². The molecule has 5 N–H and O–H groups in total. The van der Waals surface area contributed by atoms with Gasteiger partial charge in [-0.05, 0) is 102 Å². The molecule has 0 spiro atoms. The number of hydrogen-bond acceptors (Lipinski definition) is 6. The van der Waals surface area contributed by atoms with Crippen molar-refractivity contribution < 1.29 is 4.39 Å². The zero-order valence-corrected chi connectivity index (χ0v) is 23.7. The Kier molecular flexibility index (Phi) is 16.4. The molecule has 2 atom stereocenters. The zero-order valence-electron chi connectivity index (χ0n) is 23.7. The number of nitrogens with one attached hydrogen (secondary N) is 1. The summed E-state index contributed by atoms with van der Waals surface area (Å²) < 4.78 is 14.5. The van der Waals surface area contributed by atoms with Crippen LogP contribution in [0.3, 0.4) is 0 Å². The third kappa shape index (κ3) is 13.6. The molecule has 0 bridgehead atoms. The maximum Gasteiger partial charge on any atom is 0.101 e. The van der Waals surface area contributed by atoms with E-state index in [1.54, 1.807) is 19.3 Å². The molecule has 0 heterocycles. The standard InChI is InChI=1S/C30H51FN6/c1-7-11-25(15-16-26-13-9-8-12-23(26)2)24(3)21-36-28(18-17-27(31)14-10-19-34-4)20-30(35-5)29(32)22-37(6)33/h15-16,20,22,26-27,34H,2,5,7-14,17-19,21,32-33H2,1,3-4,6H3/b16-15-,25-24+,29-22-,30-20-,36-28-. The summed E-state index contributed by atoms with van der Waals surface area (Å²) >= 11 is 0. The fourth-order valence-electron chi connectivity index (χ4n) is 4.41. The Hall–Kier alpha value is -2.51. The topological polar surface area (TPSA) is 92.0 Å². The van der Waals surface area contributed by atoms with Gasteiger partial charge in [-0.2, -0.15) is 0 Å². The molecule has 0 aromatic rings. The van der Waals surface area contributed by atoms with E-state index in [0.29, 0.717) is 43.1 Å². The largest absolute Gasteiger partial charge is 0.396 e. The molecule has 7 heteroatoms. The number of aliphatic imine (C=N–C) groups is 2. The lowest BCUT2D eigenvalue weighted by Gasteiger charge is -2.21. The van der Waals surface area contributed by atoms with E-state index < -0.39 is 6.17 Å². The van der Waals surface area contributed by atoms with Crippen molar-refractivity contribution in [2.45, 2.75) is 84.2 Å². The summed E-state index contributed by atoms with van der Waals surface area (Å²) in [7, 11) is 3.56. The number of nitrogens with two attached hydrogens (primary N) is 2. The van der Waals surface area contributed by atoms with Crippen LogP contribution in [0.4, 0.5) is 4.39 Å². The van der Waals surface area contributed by atoms with Gasteiger partial charge in [0.2, 0.25) is 0 Å². The summed E-state index contributed by atoms with van der Waals surface area (Å²) in [4.78, 5) is 8.96.